The van der Waals surface area contributed by atoms with E-state index >= 15 is 0 Å². The van der Waals surface area contributed by atoms with Gasteiger partial charge in [0, 0.05) is 15.8 Å². The van der Waals surface area contributed by atoms with E-state index in [0.717, 1.165) is 27.0 Å². The first-order valence-corrected chi connectivity index (χ1v) is 10.0. The number of pyridine rings is 1. The Morgan fingerprint density at radius 1 is 1.25 bits per heavy atom. The second kappa shape index (κ2) is 7.81. The van der Waals surface area contributed by atoms with Crippen LogP contribution in [-0.4, -0.2) is 22.1 Å². The Morgan fingerprint density at radius 2 is 2.07 bits per heavy atom. The Kier molecular flexibility index (Phi) is 5.24. The minimum atomic E-state index is -0.518. The Labute approximate surface area is 171 Å². The predicted octanol–water partition coefficient (Wildman–Crippen LogP) is 4.74. The van der Waals surface area contributed by atoms with Gasteiger partial charge in [-0.2, -0.15) is 0 Å². The molecule has 0 bridgehead atoms. The SMILES string of the molecule is Cc1ccc2cc(COC(=O)CC3Sc4ccccc4NC3=O)c(Cl)nc2c1. The van der Waals surface area contributed by atoms with E-state index in [1.807, 2.05) is 55.5 Å². The van der Waals surface area contributed by atoms with Crippen LogP contribution < -0.4 is 5.32 Å². The number of benzene rings is 2. The van der Waals surface area contributed by atoms with Gasteiger partial charge in [0.2, 0.25) is 5.91 Å². The third-order valence-corrected chi connectivity index (χ3v) is 6.05. The van der Waals surface area contributed by atoms with Gasteiger partial charge in [-0.3, -0.25) is 9.59 Å². The number of aryl methyl sites for hydroxylation is 1. The summed E-state index contributed by atoms with van der Waals surface area (Å²) < 4.78 is 5.36. The highest BCUT2D eigenvalue weighted by Crippen LogP contribution is 2.36. The zero-order chi connectivity index (χ0) is 19.7. The van der Waals surface area contributed by atoms with Gasteiger partial charge in [0.25, 0.3) is 0 Å². The van der Waals surface area contributed by atoms with Gasteiger partial charge >= 0.3 is 5.97 Å². The molecule has 1 N–H and O–H groups in total. The maximum absolute atomic E-state index is 12.3. The van der Waals surface area contributed by atoms with E-state index in [-0.39, 0.29) is 18.9 Å². The molecule has 1 aliphatic rings. The number of carbonyl (C=O) groups excluding carboxylic acids is 2. The summed E-state index contributed by atoms with van der Waals surface area (Å²) in [4.78, 5) is 29.8. The molecule has 0 saturated carbocycles. The summed E-state index contributed by atoms with van der Waals surface area (Å²) in [5.74, 6) is -0.645. The minimum Gasteiger partial charge on any atom is -0.461 e. The molecule has 0 fully saturated rings. The number of esters is 1. The molecule has 7 heteroatoms. The molecule has 1 amide bonds. The van der Waals surface area contributed by atoms with E-state index in [4.69, 9.17) is 16.3 Å². The van der Waals surface area contributed by atoms with Gasteiger partial charge in [-0.15, -0.1) is 11.8 Å². The third kappa shape index (κ3) is 3.98. The molecular formula is C21H17ClN2O3S. The van der Waals surface area contributed by atoms with Crippen LogP contribution in [-0.2, 0) is 20.9 Å². The maximum atomic E-state index is 12.3. The van der Waals surface area contributed by atoms with Crippen LogP contribution in [0, 0.1) is 6.92 Å². The highest BCUT2D eigenvalue weighted by molar-refractivity contribution is 8.01. The summed E-state index contributed by atoms with van der Waals surface area (Å²) >= 11 is 7.61. The Hall–Kier alpha value is -2.57. The van der Waals surface area contributed by atoms with Crippen LogP contribution in [0.25, 0.3) is 10.9 Å². The van der Waals surface area contributed by atoms with Crippen molar-refractivity contribution in [3.63, 3.8) is 0 Å². The van der Waals surface area contributed by atoms with E-state index in [0.29, 0.717) is 10.7 Å². The van der Waals surface area contributed by atoms with Crippen LogP contribution in [0.1, 0.15) is 17.5 Å². The molecule has 2 heterocycles. The van der Waals surface area contributed by atoms with E-state index in [2.05, 4.69) is 10.3 Å². The number of halogens is 1. The van der Waals surface area contributed by atoms with Crippen molar-refractivity contribution in [1.29, 1.82) is 0 Å². The fourth-order valence-electron chi connectivity index (χ4n) is 2.99. The van der Waals surface area contributed by atoms with E-state index in [1.54, 1.807) is 0 Å². The molecule has 1 aromatic heterocycles. The highest BCUT2D eigenvalue weighted by atomic mass is 35.5. The molecule has 0 aliphatic carbocycles. The molecule has 0 radical (unpaired) electrons. The zero-order valence-corrected chi connectivity index (χ0v) is 16.6. The largest absolute Gasteiger partial charge is 0.461 e. The number of hydrogen-bond donors (Lipinski definition) is 1. The van der Waals surface area contributed by atoms with Crippen molar-refractivity contribution in [2.24, 2.45) is 0 Å². The van der Waals surface area contributed by atoms with Gasteiger partial charge in [0.1, 0.15) is 11.8 Å². The Balaban J connectivity index is 1.41. The number of ether oxygens (including phenoxy) is 1. The lowest BCUT2D eigenvalue weighted by atomic mass is 10.1. The number of thioether (sulfide) groups is 1. The quantitative estimate of drug-likeness (QED) is 0.495. The van der Waals surface area contributed by atoms with E-state index in [9.17, 15) is 9.59 Å². The van der Waals surface area contributed by atoms with Crippen LogP contribution in [0.15, 0.2) is 53.4 Å². The first-order valence-electron chi connectivity index (χ1n) is 8.77. The molecule has 1 unspecified atom stereocenters. The summed E-state index contributed by atoms with van der Waals surface area (Å²) in [6.07, 6.45) is -0.0113. The Morgan fingerprint density at radius 3 is 2.93 bits per heavy atom. The van der Waals surface area contributed by atoms with Gasteiger partial charge in [-0.05, 0) is 36.8 Å². The normalized spacial score (nSPS) is 15.8. The third-order valence-electron chi connectivity index (χ3n) is 4.45. The molecule has 1 atom stereocenters. The number of anilines is 1. The van der Waals surface area contributed by atoms with Crippen molar-refractivity contribution in [3.8, 4) is 0 Å². The fourth-order valence-corrected chi connectivity index (χ4v) is 4.29. The van der Waals surface area contributed by atoms with Crippen LogP contribution in [0.2, 0.25) is 5.15 Å². The standard InChI is InChI=1S/C21H17ClN2O3S/c1-12-6-7-13-9-14(20(22)23-16(13)8-12)11-27-19(25)10-18-21(26)24-15-4-2-3-5-17(15)28-18/h2-9,18H,10-11H2,1H3,(H,24,26). The molecule has 5 nitrogen and oxygen atoms in total. The first-order chi connectivity index (χ1) is 13.5. The molecule has 0 spiro atoms. The molecule has 1 aliphatic heterocycles. The summed E-state index contributed by atoms with van der Waals surface area (Å²) in [7, 11) is 0. The fraction of sp³-hybridized carbons (Fsp3) is 0.190. The van der Waals surface area contributed by atoms with Crippen molar-refractivity contribution in [2.45, 2.75) is 30.1 Å². The van der Waals surface area contributed by atoms with Crippen molar-refractivity contribution in [2.75, 3.05) is 5.32 Å². The number of hydrogen-bond acceptors (Lipinski definition) is 5. The number of para-hydroxylation sites is 1. The van der Waals surface area contributed by atoms with Gasteiger partial charge in [0.15, 0.2) is 0 Å². The second-order valence-electron chi connectivity index (χ2n) is 6.59. The number of amides is 1. The smallest absolute Gasteiger partial charge is 0.307 e. The van der Waals surface area contributed by atoms with Crippen molar-refractivity contribution in [1.82, 2.24) is 4.98 Å². The highest BCUT2D eigenvalue weighted by Gasteiger charge is 2.29. The number of fused-ring (bicyclic) bond motifs is 2. The molecule has 0 saturated heterocycles. The summed E-state index contributed by atoms with van der Waals surface area (Å²) in [5.41, 5.74) is 3.30. The van der Waals surface area contributed by atoms with E-state index in [1.165, 1.54) is 11.8 Å². The number of aromatic nitrogens is 1. The molecule has 3 aromatic rings. The molecule has 4 rings (SSSR count). The summed E-state index contributed by atoms with van der Waals surface area (Å²) in [6, 6.07) is 15.3. The van der Waals surface area contributed by atoms with Crippen LogP contribution in [0.5, 0.6) is 0 Å². The monoisotopic (exact) mass is 412 g/mol. The number of carbonyl (C=O) groups is 2. The van der Waals surface area contributed by atoms with Gasteiger partial charge in [-0.1, -0.05) is 35.9 Å². The lowest BCUT2D eigenvalue weighted by molar-refractivity contribution is -0.145. The maximum Gasteiger partial charge on any atom is 0.307 e. The van der Waals surface area contributed by atoms with Gasteiger partial charge < -0.3 is 10.1 Å². The Bertz CT molecular complexity index is 1090. The molecule has 2 aromatic carbocycles. The number of rotatable bonds is 4. The number of nitrogens with one attached hydrogen (secondary N) is 1. The molecule has 28 heavy (non-hydrogen) atoms. The molecule has 142 valence electrons. The average Bonchev–Trinajstić information content (AvgIpc) is 2.67. The summed E-state index contributed by atoms with van der Waals surface area (Å²) in [5, 5.41) is 3.55. The van der Waals surface area contributed by atoms with Crippen molar-refractivity contribution in [3.05, 3.63) is 64.8 Å². The van der Waals surface area contributed by atoms with E-state index < -0.39 is 11.2 Å². The van der Waals surface area contributed by atoms with Gasteiger partial charge in [-0.25, -0.2) is 4.98 Å². The summed E-state index contributed by atoms with van der Waals surface area (Å²) in [6.45, 7) is 2.01. The van der Waals surface area contributed by atoms with Crippen LogP contribution in [0.4, 0.5) is 5.69 Å². The van der Waals surface area contributed by atoms with Crippen LogP contribution >= 0.6 is 23.4 Å². The zero-order valence-electron chi connectivity index (χ0n) is 15.1. The van der Waals surface area contributed by atoms with Crippen molar-refractivity contribution < 1.29 is 14.3 Å². The average molecular weight is 413 g/mol. The lowest BCUT2D eigenvalue weighted by Crippen LogP contribution is -2.31. The first kappa shape index (κ1) is 18.8. The second-order valence-corrected chi connectivity index (χ2v) is 8.19. The lowest BCUT2D eigenvalue weighted by Gasteiger charge is -2.23. The van der Waals surface area contributed by atoms with Gasteiger partial charge in [0.05, 0.1) is 22.9 Å². The number of nitrogens with zero attached hydrogens (tertiary/aromatic N) is 1. The predicted molar refractivity (Wildman–Crippen MR) is 111 cm³/mol. The van der Waals surface area contributed by atoms with Crippen LogP contribution in [0.3, 0.4) is 0 Å². The van der Waals surface area contributed by atoms with Crippen molar-refractivity contribution >= 4 is 51.8 Å². The topological polar surface area (TPSA) is 68.3 Å². The minimum absolute atomic E-state index is 0.0113. The molecular weight excluding hydrogens is 396 g/mol.